The molecule has 74 valence electrons. The van der Waals surface area contributed by atoms with Crippen LogP contribution in [0.1, 0.15) is 5.56 Å². The SMILES string of the molecule is N#Cc1c(N)c(N)c(N)c2ccccc12. The van der Waals surface area contributed by atoms with Crippen LogP contribution < -0.4 is 17.2 Å². The molecule has 2 aromatic carbocycles. The van der Waals surface area contributed by atoms with Gasteiger partial charge in [-0.15, -0.1) is 0 Å². The Balaban J connectivity index is 3.06. The number of hydrogen-bond acceptors (Lipinski definition) is 4. The fraction of sp³-hybridized carbons (Fsp3) is 0. The van der Waals surface area contributed by atoms with Gasteiger partial charge < -0.3 is 17.2 Å². The summed E-state index contributed by atoms with van der Waals surface area (Å²) in [6.07, 6.45) is 0. The standard InChI is InChI=1S/C11H10N4/c12-5-8-6-3-1-2-4-7(6)9(13)11(15)10(8)14/h1-4H,13-15H2. The number of anilines is 3. The Hall–Kier alpha value is -2.41. The molecule has 0 saturated heterocycles. The molecule has 0 bridgehead atoms. The minimum atomic E-state index is 0.258. The van der Waals surface area contributed by atoms with Gasteiger partial charge >= 0.3 is 0 Å². The van der Waals surface area contributed by atoms with Crippen molar-refractivity contribution in [2.45, 2.75) is 0 Å². The highest BCUT2D eigenvalue weighted by atomic mass is 14.7. The Kier molecular flexibility index (Phi) is 1.87. The van der Waals surface area contributed by atoms with Gasteiger partial charge in [0.15, 0.2) is 0 Å². The first-order chi connectivity index (χ1) is 7.16. The molecule has 2 rings (SSSR count). The number of hydrogen-bond donors (Lipinski definition) is 3. The molecule has 4 heteroatoms. The van der Waals surface area contributed by atoms with Crippen molar-refractivity contribution in [1.29, 1.82) is 5.26 Å². The summed E-state index contributed by atoms with van der Waals surface area (Å²) in [7, 11) is 0. The second kappa shape index (κ2) is 3.07. The molecule has 4 nitrogen and oxygen atoms in total. The lowest BCUT2D eigenvalue weighted by atomic mass is 10.0. The van der Waals surface area contributed by atoms with E-state index in [-0.39, 0.29) is 11.4 Å². The summed E-state index contributed by atoms with van der Waals surface area (Å²) < 4.78 is 0. The Morgan fingerprint density at radius 1 is 0.867 bits per heavy atom. The van der Waals surface area contributed by atoms with Crippen LogP contribution in [-0.4, -0.2) is 0 Å². The van der Waals surface area contributed by atoms with Crippen LogP contribution in [-0.2, 0) is 0 Å². The van der Waals surface area contributed by atoms with E-state index in [0.29, 0.717) is 11.3 Å². The first-order valence-electron chi connectivity index (χ1n) is 4.42. The zero-order valence-electron chi connectivity index (χ0n) is 7.99. The average molecular weight is 198 g/mol. The molecule has 0 fully saturated rings. The Morgan fingerprint density at radius 3 is 2.07 bits per heavy atom. The van der Waals surface area contributed by atoms with E-state index < -0.39 is 0 Å². The maximum absolute atomic E-state index is 9.01. The van der Waals surface area contributed by atoms with Crippen LogP contribution in [0.4, 0.5) is 17.1 Å². The number of rotatable bonds is 0. The van der Waals surface area contributed by atoms with Gasteiger partial charge in [0.25, 0.3) is 0 Å². The van der Waals surface area contributed by atoms with E-state index in [1.807, 2.05) is 24.3 Å². The van der Waals surface area contributed by atoms with Gasteiger partial charge in [0.1, 0.15) is 6.07 Å². The third-order valence-corrected chi connectivity index (χ3v) is 2.45. The van der Waals surface area contributed by atoms with Crippen molar-refractivity contribution < 1.29 is 0 Å². The van der Waals surface area contributed by atoms with Gasteiger partial charge in [0, 0.05) is 10.8 Å². The Bertz CT molecular complexity index is 581. The minimum Gasteiger partial charge on any atom is -0.396 e. The molecule has 0 spiro atoms. The predicted molar refractivity (Wildman–Crippen MR) is 61.9 cm³/mol. The van der Waals surface area contributed by atoms with Crippen molar-refractivity contribution in [3.05, 3.63) is 29.8 Å². The molecule has 2 aromatic rings. The molecule has 0 atom stereocenters. The molecule has 0 radical (unpaired) electrons. The first-order valence-corrected chi connectivity index (χ1v) is 4.42. The fourth-order valence-electron chi connectivity index (χ4n) is 1.63. The van der Waals surface area contributed by atoms with E-state index in [1.54, 1.807) is 6.07 Å². The number of nitrogens with two attached hydrogens (primary N) is 3. The van der Waals surface area contributed by atoms with Crippen LogP contribution in [0.3, 0.4) is 0 Å². The van der Waals surface area contributed by atoms with Gasteiger partial charge in [-0.05, 0) is 0 Å². The van der Waals surface area contributed by atoms with Crippen LogP contribution >= 0.6 is 0 Å². The lowest BCUT2D eigenvalue weighted by Crippen LogP contribution is -2.03. The van der Waals surface area contributed by atoms with Crippen LogP contribution in [0.2, 0.25) is 0 Å². The molecule has 0 aliphatic rings. The molecular formula is C11H10N4. The Morgan fingerprint density at radius 2 is 1.47 bits per heavy atom. The number of nitrogen functional groups attached to an aromatic ring is 3. The van der Waals surface area contributed by atoms with Crippen LogP contribution in [0.5, 0.6) is 0 Å². The maximum atomic E-state index is 9.01. The zero-order chi connectivity index (χ0) is 11.0. The summed E-state index contributed by atoms with van der Waals surface area (Å²) in [6.45, 7) is 0. The van der Waals surface area contributed by atoms with Crippen LogP contribution in [0.15, 0.2) is 24.3 Å². The summed E-state index contributed by atoms with van der Waals surface area (Å²) >= 11 is 0. The lowest BCUT2D eigenvalue weighted by molar-refractivity contribution is 1.50. The van der Waals surface area contributed by atoms with E-state index in [9.17, 15) is 0 Å². The molecule has 0 heterocycles. The molecule has 6 N–H and O–H groups in total. The molecular weight excluding hydrogens is 188 g/mol. The predicted octanol–water partition coefficient (Wildman–Crippen LogP) is 1.46. The molecule has 0 saturated carbocycles. The van der Waals surface area contributed by atoms with Gasteiger partial charge in [-0.25, -0.2) is 0 Å². The first kappa shape index (κ1) is 9.16. The Labute approximate surface area is 86.9 Å². The largest absolute Gasteiger partial charge is 0.396 e. The van der Waals surface area contributed by atoms with Gasteiger partial charge in [-0.3, -0.25) is 0 Å². The average Bonchev–Trinajstić information content (AvgIpc) is 2.27. The van der Waals surface area contributed by atoms with E-state index in [4.69, 9.17) is 22.5 Å². The highest BCUT2D eigenvalue weighted by Crippen LogP contribution is 2.35. The molecule has 0 aromatic heterocycles. The quantitative estimate of drug-likeness (QED) is 0.557. The second-order valence-electron chi connectivity index (χ2n) is 3.27. The highest BCUT2D eigenvalue weighted by molar-refractivity contribution is 6.07. The molecule has 0 amide bonds. The van der Waals surface area contributed by atoms with Crippen molar-refractivity contribution >= 4 is 27.8 Å². The number of nitrogens with zero attached hydrogens (tertiary/aromatic N) is 1. The van der Waals surface area contributed by atoms with Crippen molar-refractivity contribution in [3.8, 4) is 6.07 Å². The van der Waals surface area contributed by atoms with Crippen molar-refractivity contribution in [2.75, 3.05) is 17.2 Å². The van der Waals surface area contributed by atoms with Gasteiger partial charge in [0.2, 0.25) is 0 Å². The number of benzene rings is 2. The van der Waals surface area contributed by atoms with Crippen molar-refractivity contribution in [3.63, 3.8) is 0 Å². The zero-order valence-corrected chi connectivity index (χ0v) is 7.99. The van der Waals surface area contributed by atoms with E-state index in [0.717, 1.165) is 10.8 Å². The van der Waals surface area contributed by atoms with E-state index in [1.165, 1.54) is 0 Å². The molecule has 15 heavy (non-hydrogen) atoms. The lowest BCUT2D eigenvalue weighted by Gasteiger charge is -2.10. The van der Waals surface area contributed by atoms with Crippen LogP contribution in [0, 0.1) is 11.3 Å². The number of nitriles is 1. The van der Waals surface area contributed by atoms with E-state index in [2.05, 4.69) is 0 Å². The normalized spacial score (nSPS) is 10.1. The van der Waals surface area contributed by atoms with Gasteiger partial charge in [-0.2, -0.15) is 5.26 Å². The summed E-state index contributed by atoms with van der Waals surface area (Å²) in [5, 5.41) is 10.5. The third kappa shape index (κ3) is 1.14. The van der Waals surface area contributed by atoms with Gasteiger partial charge in [-0.1, -0.05) is 24.3 Å². The summed E-state index contributed by atoms with van der Waals surface area (Å²) in [5.41, 5.74) is 18.6. The summed E-state index contributed by atoms with van der Waals surface area (Å²) in [4.78, 5) is 0. The second-order valence-corrected chi connectivity index (χ2v) is 3.27. The fourth-order valence-corrected chi connectivity index (χ4v) is 1.63. The highest BCUT2D eigenvalue weighted by Gasteiger charge is 2.12. The smallest absolute Gasteiger partial charge is 0.102 e. The summed E-state index contributed by atoms with van der Waals surface area (Å²) in [5.74, 6) is 0. The minimum absolute atomic E-state index is 0.258. The monoisotopic (exact) mass is 198 g/mol. The third-order valence-electron chi connectivity index (χ3n) is 2.45. The molecule has 0 unspecified atom stereocenters. The molecule has 0 aliphatic carbocycles. The van der Waals surface area contributed by atoms with E-state index >= 15 is 0 Å². The number of fused-ring (bicyclic) bond motifs is 1. The molecule has 0 aliphatic heterocycles. The summed E-state index contributed by atoms with van der Waals surface area (Å²) in [6, 6.07) is 9.35. The van der Waals surface area contributed by atoms with Crippen molar-refractivity contribution in [2.24, 2.45) is 0 Å². The van der Waals surface area contributed by atoms with Crippen LogP contribution in [0.25, 0.3) is 10.8 Å². The topological polar surface area (TPSA) is 102 Å². The maximum Gasteiger partial charge on any atom is 0.102 e. The van der Waals surface area contributed by atoms with Gasteiger partial charge in [0.05, 0.1) is 22.6 Å². The van der Waals surface area contributed by atoms with Crippen molar-refractivity contribution in [1.82, 2.24) is 0 Å².